The van der Waals surface area contributed by atoms with Gasteiger partial charge in [-0.05, 0) is 66.7 Å². The number of nitrogens with zero attached hydrogens (tertiary/aromatic N) is 6. The monoisotopic (exact) mass is 664 g/mol. The molecule has 0 unspecified atom stereocenters. The van der Waals surface area contributed by atoms with Crippen LogP contribution in [0.5, 0.6) is 0 Å². The molecule has 0 radical (unpaired) electrons. The van der Waals surface area contributed by atoms with Gasteiger partial charge in [0, 0.05) is 49.6 Å². The van der Waals surface area contributed by atoms with Crippen LogP contribution in [-0.4, -0.2) is 24.1 Å². The molecule has 0 aliphatic rings. The summed E-state index contributed by atoms with van der Waals surface area (Å²) in [4.78, 5) is 14.7. The lowest BCUT2D eigenvalue weighted by Gasteiger charge is -2.11. The minimum atomic E-state index is 0.601. The Labute approximate surface area is 299 Å². The molecule has 0 amide bonds. The second-order valence-electron chi connectivity index (χ2n) is 12.8. The highest BCUT2D eigenvalue weighted by Gasteiger charge is 2.18. The maximum atomic E-state index is 9.89. The number of benzene rings is 7. The molecule has 0 N–H and O–H groups in total. The first-order valence-electron chi connectivity index (χ1n) is 17.2. The van der Waals surface area contributed by atoms with Gasteiger partial charge in [-0.1, -0.05) is 103 Å². The average Bonchev–Trinajstić information content (AvgIpc) is 3.73. The summed E-state index contributed by atoms with van der Waals surface area (Å²) in [5.41, 5.74) is 9.77. The van der Waals surface area contributed by atoms with Crippen LogP contribution < -0.4 is 0 Å². The molecule has 10 rings (SSSR count). The molecule has 10 aromatic rings. The normalized spacial score (nSPS) is 11.4. The van der Waals surface area contributed by atoms with Crippen LogP contribution in [0, 0.1) is 11.3 Å². The van der Waals surface area contributed by atoms with Gasteiger partial charge in [0.1, 0.15) is 0 Å². The Bertz CT molecular complexity index is 2890. The Balaban J connectivity index is 1.13. The Kier molecular flexibility index (Phi) is 6.76. The molecule has 7 aromatic carbocycles. The summed E-state index contributed by atoms with van der Waals surface area (Å²) in [7, 11) is 0. The first-order chi connectivity index (χ1) is 25.7. The summed E-state index contributed by atoms with van der Waals surface area (Å²) in [6.45, 7) is 0. The van der Waals surface area contributed by atoms with Crippen molar-refractivity contribution in [2.75, 3.05) is 0 Å². The maximum Gasteiger partial charge on any atom is 0.164 e. The minimum absolute atomic E-state index is 0.601. The molecular weight excluding hydrogens is 637 g/mol. The van der Waals surface area contributed by atoms with Crippen molar-refractivity contribution in [3.63, 3.8) is 0 Å². The van der Waals surface area contributed by atoms with Crippen LogP contribution in [0.3, 0.4) is 0 Å². The van der Waals surface area contributed by atoms with Crippen molar-refractivity contribution in [2.24, 2.45) is 0 Å². The molecule has 0 aliphatic heterocycles. The Morgan fingerprint density at radius 1 is 0.365 bits per heavy atom. The number of hydrogen-bond donors (Lipinski definition) is 0. The molecule has 0 spiro atoms. The molecular formula is C46H28N6. The summed E-state index contributed by atoms with van der Waals surface area (Å²) in [5.74, 6) is 1.85. The quantitative estimate of drug-likeness (QED) is 0.184. The van der Waals surface area contributed by atoms with Crippen LogP contribution in [0.25, 0.3) is 89.2 Å². The van der Waals surface area contributed by atoms with E-state index in [9.17, 15) is 5.26 Å². The van der Waals surface area contributed by atoms with Gasteiger partial charge >= 0.3 is 0 Å². The number of aromatic nitrogens is 5. The van der Waals surface area contributed by atoms with Crippen molar-refractivity contribution in [2.45, 2.75) is 0 Å². The zero-order valence-electron chi connectivity index (χ0n) is 27.8. The molecule has 0 saturated heterocycles. The topological polar surface area (TPSA) is 72.3 Å². The SMILES string of the molecule is N#Cc1ccc2c3cc(-n4c5ccccc5c5ccccc54)ccc3n(-c3ccc(-c4nc(-c5ccccc5)nc(-c5ccccc5)n4)cc3)c2c1. The number of nitriles is 1. The van der Waals surface area contributed by atoms with E-state index < -0.39 is 0 Å². The molecule has 3 heterocycles. The Hall–Kier alpha value is -7.36. The summed E-state index contributed by atoms with van der Waals surface area (Å²) < 4.78 is 4.58. The third-order valence-corrected chi connectivity index (χ3v) is 9.80. The first-order valence-corrected chi connectivity index (χ1v) is 17.2. The van der Waals surface area contributed by atoms with Crippen LogP contribution in [0.2, 0.25) is 0 Å². The van der Waals surface area contributed by atoms with E-state index in [0.717, 1.165) is 49.9 Å². The smallest absolute Gasteiger partial charge is 0.164 e. The van der Waals surface area contributed by atoms with Crippen molar-refractivity contribution < 1.29 is 0 Å². The summed E-state index contributed by atoms with van der Waals surface area (Å²) in [6, 6.07) is 60.4. The largest absolute Gasteiger partial charge is 0.309 e. The molecule has 0 aliphatic carbocycles. The van der Waals surface area contributed by atoms with E-state index in [1.807, 2.05) is 72.8 Å². The van der Waals surface area contributed by atoms with Gasteiger partial charge in [0.25, 0.3) is 0 Å². The molecule has 0 atom stereocenters. The second kappa shape index (κ2) is 11.9. The van der Waals surface area contributed by atoms with Gasteiger partial charge in [0.15, 0.2) is 17.5 Å². The van der Waals surface area contributed by atoms with Crippen molar-refractivity contribution in [1.82, 2.24) is 24.1 Å². The fraction of sp³-hybridized carbons (Fsp3) is 0. The summed E-state index contributed by atoms with van der Waals surface area (Å²) >= 11 is 0. The molecule has 3 aromatic heterocycles. The lowest BCUT2D eigenvalue weighted by Crippen LogP contribution is -2.00. The molecule has 0 saturated carbocycles. The summed E-state index contributed by atoms with van der Waals surface area (Å²) in [5, 5.41) is 14.5. The van der Waals surface area contributed by atoms with Gasteiger partial charge in [-0.2, -0.15) is 5.26 Å². The zero-order valence-corrected chi connectivity index (χ0v) is 27.8. The predicted octanol–water partition coefficient (Wildman–Crippen LogP) is 10.9. The fourth-order valence-corrected chi connectivity index (χ4v) is 7.39. The van der Waals surface area contributed by atoms with Gasteiger partial charge < -0.3 is 9.13 Å². The maximum absolute atomic E-state index is 9.89. The van der Waals surface area contributed by atoms with E-state index in [2.05, 4.69) is 112 Å². The van der Waals surface area contributed by atoms with Crippen molar-refractivity contribution >= 4 is 43.6 Å². The number of hydrogen-bond acceptors (Lipinski definition) is 4. The van der Waals surface area contributed by atoms with Crippen LogP contribution in [0.1, 0.15) is 5.56 Å². The summed E-state index contributed by atoms with van der Waals surface area (Å²) in [6.07, 6.45) is 0. The van der Waals surface area contributed by atoms with E-state index >= 15 is 0 Å². The highest BCUT2D eigenvalue weighted by Crippen LogP contribution is 2.37. The van der Waals surface area contributed by atoms with E-state index in [1.54, 1.807) is 0 Å². The number of para-hydroxylation sites is 2. The standard InChI is InChI=1S/C46H28N6/c47-29-30-19-25-38-39-28-35(52-40-17-9-7-15-36(40)37-16-8-10-18-41(37)52)24-26-42(39)51(43(38)27-30)34-22-20-33(21-23-34)46-49-44(31-11-3-1-4-12-31)48-45(50-46)32-13-5-2-6-14-32/h1-28H. The van der Waals surface area contributed by atoms with E-state index in [-0.39, 0.29) is 0 Å². The highest BCUT2D eigenvalue weighted by molar-refractivity contribution is 6.12. The molecule has 242 valence electrons. The Morgan fingerprint density at radius 2 is 0.827 bits per heavy atom. The fourth-order valence-electron chi connectivity index (χ4n) is 7.39. The predicted molar refractivity (Wildman–Crippen MR) is 210 cm³/mol. The van der Waals surface area contributed by atoms with Gasteiger partial charge in [-0.25, -0.2) is 15.0 Å². The van der Waals surface area contributed by atoms with Crippen molar-refractivity contribution in [3.8, 4) is 51.6 Å². The van der Waals surface area contributed by atoms with E-state index in [1.165, 1.54) is 21.8 Å². The first kappa shape index (κ1) is 29.5. The van der Waals surface area contributed by atoms with Gasteiger partial charge in [0.2, 0.25) is 0 Å². The van der Waals surface area contributed by atoms with Crippen molar-refractivity contribution in [3.05, 3.63) is 175 Å². The minimum Gasteiger partial charge on any atom is -0.309 e. The molecule has 52 heavy (non-hydrogen) atoms. The average molecular weight is 665 g/mol. The van der Waals surface area contributed by atoms with Gasteiger partial charge in [0.05, 0.1) is 33.7 Å². The molecule has 6 nitrogen and oxygen atoms in total. The van der Waals surface area contributed by atoms with E-state index in [4.69, 9.17) is 15.0 Å². The number of fused-ring (bicyclic) bond motifs is 6. The van der Waals surface area contributed by atoms with Crippen LogP contribution in [-0.2, 0) is 0 Å². The highest BCUT2D eigenvalue weighted by atomic mass is 15.0. The van der Waals surface area contributed by atoms with Gasteiger partial charge in [-0.15, -0.1) is 0 Å². The third kappa shape index (κ3) is 4.76. The Morgan fingerprint density at radius 3 is 1.40 bits per heavy atom. The van der Waals surface area contributed by atoms with Crippen molar-refractivity contribution in [1.29, 1.82) is 5.26 Å². The number of rotatable bonds is 5. The molecule has 0 fully saturated rings. The lowest BCUT2D eigenvalue weighted by molar-refractivity contribution is 1.07. The lowest BCUT2D eigenvalue weighted by atomic mass is 10.1. The van der Waals surface area contributed by atoms with Crippen LogP contribution in [0.15, 0.2) is 170 Å². The zero-order chi connectivity index (χ0) is 34.6. The van der Waals surface area contributed by atoms with Crippen LogP contribution >= 0.6 is 0 Å². The molecule has 0 bridgehead atoms. The molecule has 6 heteroatoms. The third-order valence-electron chi connectivity index (χ3n) is 9.80. The van der Waals surface area contributed by atoms with Gasteiger partial charge in [-0.3, -0.25) is 0 Å². The van der Waals surface area contributed by atoms with Crippen LogP contribution in [0.4, 0.5) is 0 Å². The van der Waals surface area contributed by atoms with E-state index in [0.29, 0.717) is 23.0 Å². The second-order valence-corrected chi connectivity index (χ2v) is 12.8.